The molecule has 0 amide bonds. The monoisotopic (exact) mass is 378 g/mol. The molecule has 1 aliphatic heterocycles. The van der Waals surface area contributed by atoms with Crippen molar-refractivity contribution in [1.82, 2.24) is 14.5 Å². The second-order valence-corrected chi connectivity index (χ2v) is 7.31. The molecular formula is C21H22N4O3. The second-order valence-electron chi connectivity index (χ2n) is 7.31. The average molecular weight is 378 g/mol. The van der Waals surface area contributed by atoms with Crippen LogP contribution in [-0.2, 0) is 6.54 Å². The van der Waals surface area contributed by atoms with Crippen molar-refractivity contribution in [3.8, 4) is 11.3 Å². The Labute approximate surface area is 162 Å². The lowest BCUT2D eigenvalue weighted by molar-refractivity contribution is -0.384. The molecule has 1 aliphatic rings. The van der Waals surface area contributed by atoms with Gasteiger partial charge in [-0.1, -0.05) is 36.8 Å². The lowest BCUT2D eigenvalue weighted by Gasteiger charge is -2.33. The van der Waals surface area contributed by atoms with Crippen LogP contribution in [0.25, 0.3) is 22.2 Å². The number of non-ortho nitro benzene ring substituents is 1. The van der Waals surface area contributed by atoms with Crippen LogP contribution in [0.2, 0.25) is 0 Å². The summed E-state index contributed by atoms with van der Waals surface area (Å²) >= 11 is 0. The van der Waals surface area contributed by atoms with Gasteiger partial charge in [0.25, 0.3) is 5.69 Å². The van der Waals surface area contributed by atoms with Gasteiger partial charge < -0.3 is 4.90 Å². The van der Waals surface area contributed by atoms with Crippen LogP contribution in [0, 0.1) is 10.1 Å². The van der Waals surface area contributed by atoms with Crippen LogP contribution in [0.5, 0.6) is 0 Å². The van der Waals surface area contributed by atoms with Gasteiger partial charge in [-0.3, -0.25) is 14.7 Å². The van der Waals surface area contributed by atoms with Crippen LogP contribution >= 0.6 is 0 Å². The van der Waals surface area contributed by atoms with Crippen LogP contribution in [0.1, 0.15) is 19.3 Å². The fourth-order valence-electron chi connectivity index (χ4n) is 3.96. The van der Waals surface area contributed by atoms with E-state index in [4.69, 9.17) is 0 Å². The van der Waals surface area contributed by atoms with E-state index in [0.29, 0.717) is 23.1 Å². The third kappa shape index (κ3) is 3.41. The molecule has 1 aromatic heterocycles. The Bertz CT molecular complexity index is 1080. The van der Waals surface area contributed by atoms with E-state index in [1.807, 2.05) is 30.3 Å². The molecule has 7 nitrogen and oxygen atoms in total. The summed E-state index contributed by atoms with van der Waals surface area (Å²) in [6.45, 7) is 1.55. The summed E-state index contributed by atoms with van der Waals surface area (Å²) in [6.07, 6.45) is 3.33. The molecule has 4 rings (SSSR count). The van der Waals surface area contributed by atoms with Gasteiger partial charge >= 0.3 is 5.69 Å². The fourth-order valence-corrected chi connectivity index (χ4v) is 3.96. The number of aromatic nitrogens is 2. The van der Waals surface area contributed by atoms with Gasteiger partial charge in [0, 0.05) is 35.7 Å². The molecule has 3 aromatic rings. The van der Waals surface area contributed by atoms with Gasteiger partial charge in [-0.15, -0.1) is 0 Å². The second kappa shape index (κ2) is 7.52. The van der Waals surface area contributed by atoms with E-state index in [-0.39, 0.29) is 17.4 Å². The van der Waals surface area contributed by atoms with Crippen molar-refractivity contribution in [3.63, 3.8) is 0 Å². The van der Waals surface area contributed by atoms with E-state index in [2.05, 4.69) is 16.9 Å². The molecule has 1 fully saturated rings. The smallest absolute Gasteiger partial charge is 0.302 e. The number of hydrogen-bond donors (Lipinski definition) is 0. The van der Waals surface area contributed by atoms with Crippen LogP contribution < -0.4 is 5.69 Å². The van der Waals surface area contributed by atoms with Crippen molar-refractivity contribution in [2.24, 2.45) is 0 Å². The van der Waals surface area contributed by atoms with Crippen molar-refractivity contribution in [3.05, 3.63) is 69.1 Å². The van der Waals surface area contributed by atoms with E-state index in [1.165, 1.54) is 18.6 Å². The first-order chi connectivity index (χ1) is 13.5. The minimum atomic E-state index is -0.418. The molecule has 28 heavy (non-hydrogen) atoms. The standard InChI is InChI=1S/C21H22N4O3/c1-23-12-6-5-9-17(23)14-24-19-11-10-16(25(27)28)13-18(19)20(22-21(24)26)15-7-3-2-4-8-15/h2-4,7-8,10-11,13,17H,5-6,9,12,14H2,1H3. The summed E-state index contributed by atoms with van der Waals surface area (Å²) in [5.41, 5.74) is 1.61. The quantitative estimate of drug-likeness (QED) is 0.513. The summed E-state index contributed by atoms with van der Waals surface area (Å²) in [5.74, 6) is 0. The minimum absolute atomic E-state index is 0.00790. The molecule has 0 spiro atoms. The van der Waals surface area contributed by atoms with Gasteiger partial charge in [-0.05, 0) is 32.5 Å². The van der Waals surface area contributed by atoms with Crippen LogP contribution in [0.4, 0.5) is 5.69 Å². The Morgan fingerprint density at radius 1 is 1.18 bits per heavy atom. The molecule has 1 saturated heterocycles. The molecule has 2 aromatic carbocycles. The molecule has 7 heteroatoms. The highest BCUT2D eigenvalue weighted by molar-refractivity contribution is 5.93. The summed E-state index contributed by atoms with van der Waals surface area (Å²) in [4.78, 5) is 30.4. The molecule has 144 valence electrons. The highest BCUT2D eigenvalue weighted by Crippen LogP contribution is 2.29. The number of rotatable bonds is 4. The van der Waals surface area contributed by atoms with Gasteiger partial charge in [0.05, 0.1) is 16.1 Å². The first kappa shape index (κ1) is 18.3. The number of benzene rings is 2. The minimum Gasteiger partial charge on any atom is -0.302 e. The molecule has 0 saturated carbocycles. The predicted octanol–water partition coefficient (Wildman–Crippen LogP) is 3.46. The Morgan fingerprint density at radius 2 is 1.96 bits per heavy atom. The molecule has 2 heterocycles. The number of likely N-dealkylation sites (N-methyl/N-ethyl adjacent to an activating group) is 1. The Balaban J connectivity index is 1.90. The molecule has 0 N–H and O–H groups in total. The highest BCUT2D eigenvalue weighted by atomic mass is 16.6. The zero-order valence-electron chi connectivity index (χ0n) is 15.7. The van der Waals surface area contributed by atoms with Crippen molar-refractivity contribution < 1.29 is 4.92 Å². The average Bonchev–Trinajstić information content (AvgIpc) is 2.71. The maximum atomic E-state index is 12.9. The first-order valence-corrected chi connectivity index (χ1v) is 9.49. The topological polar surface area (TPSA) is 81.3 Å². The van der Waals surface area contributed by atoms with Crippen LogP contribution in [0.15, 0.2) is 53.3 Å². The summed E-state index contributed by atoms with van der Waals surface area (Å²) in [6, 6.07) is 14.2. The van der Waals surface area contributed by atoms with Gasteiger partial charge in [-0.2, -0.15) is 4.98 Å². The van der Waals surface area contributed by atoms with Crippen molar-refractivity contribution in [1.29, 1.82) is 0 Å². The summed E-state index contributed by atoms with van der Waals surface area (Å²) < 4.78 is 1.66. The van der Waals surface area contributed by atoms with Gasteiger partial charge in [-0.25, -0.2) is 4.79 Å². The highest BCUT2D eigenvalue weighted by Gasteiger charge is 2.22. The van der Waals surface area contributed by atoms with E-state index in [9.17, 15) is 14.9 Å². The van der Waals surface area contributed by atoms with Gasteiger partial charge in [0.15, 0.2) is 0 Å². The number of piperidine rings is 1. The zero-order valence-corrected chi connectivity index (χ0v) is 15.7. The number of hydrogen-bond acceptors (Lipinski definition) is 5. The van der Waals surface area contributed by atoms with Crippen molar-refractivity contribution in [2.75, 3.05) is 13.6 Å². The Hall–Kier alpha value is -3.06. The largest absolute Gasteiger partial charge is 0.348 e. The Morgan fingerprint density at radius 3 is 2.68 bits per heavy atom. The zero-order chi connectivity index (χ0) is 19.7. The number of nitrogens with zero attached hydrogens (tertiary/aromatic N) is 4. The fraction of sp³-hybridized carbons (Fsp3) is 0.333. The van der Waals surface area contributed by atoms with E-state index in [0.717, 1.165) is 24.9 Å². The lowest BCUT2D eigenvalue weighted by Crippen LogP contribution is -2.41. The first-order valence-electron chi connectivity index (χ1n) is 9.49. The maximum Gasteiger partial charge on any atom is 0.348 e. The third-order valence-corrected chi connectivity index (χ3v) is 5.54. The molecule has 0 aliphatic carbocycles. The lowest BCUT2D eigenvalue weighted by atomic mass is 10.0. The SMILES string of the molecule is CN1CCCCC1Cn1c(=O)nc(-c2ccccc2)c2cc([N+](=O)[O-])ccc21. The molecule has 1 atom stereocenters. The van der Waals surface area contributed by atoms with E-state index in [1.54, 1.807) is 10.6 Å². The maximum absolute atomic E-state index is 12.9. The van der Waals surface area contributed by atoms with Crippen molar-refractivity contribution in [2.45, 2.75) is 31.8 Å². The van der Waals surface area contributed by atoms with Gasteiger partial charge in [0.1, 0.15) is 0 Å². The third-order valence-electron chi connectivity index (χ3n) is 5.54. The molecular weight excluding hydrogens is 356 g/mol. The number of fused-ring (bicyclic) bond motifs is 1. The molecule has 0 bridgehead atoms. The number of nitro benzene ring substituents is 1. The predicted molar refractivity (Wildman–Crippen MR) is 108 cm³/mol. The number of likely N-dealkylation sites (tertiary alicyclic amines) is 1. The van der Waals surface area contributed by atoms with E-state index >= 15 is 0 Å². The molecule has 0 radical (unpaired) electrons. The van der Waals surface area contributed by atoms with Crippen LogP contribution in [-0.4, -0.2) is 39.0 Å². The van der Waals surface area contributed by atoms with Crippen LogP contribution in [0.3, 0.4) is 0 Å². The number of nitro groups is 1. The summed E-state index contributed by atoms with van der Waals surface area (Å²) in [7, 11) is 2.08. The Kier molecular flexibility index (Phi) is 4.92. The summed E-state index contributed by atoms with van der Waals surface area (Å²) in [5, 5.41) is 11.9. The normalized spacial score (nSPS) is 17.7. The van der Waals surface area contributed by atoms with Gasteiger partial charge in [0.2, 0.25) is 0 Å². The van der Waals surface area contributed by atoms with Crippen molar-refractivity contribution >= 4 is 16.6 Å². The molecule has 1 unspecified atom stereocenters. The van der Waals surface area contributed by atoms with E-state index < -0.39 is 4.92 Å².